The average Bonchev–Trinajstić information content (AvgIpc) is 3.51. The van der Waals surface area contributed by atoms with E-state index in [0.29, 0.717) is 21.7 Å². The van der Waals surface area contributed by atoms with Gasteiger partial charge in [0, 0.05) is 0 Å². The molecule has 0 aromatic heterocycles. The molecule has 0 N–H and O–H groups in total. The van der Waals surface area contributed by atoms with E-state index in [0.717, 1.165) is 71.0 Å². The lowest BCUT2D eigenvalue weighted by atomic mass is 9.53. The van der Waals surface area contributed by atoms with Crippen LogP contribution in [0.25, 0.3) is 0 Å². The minimum atomic E-state index is 0. The van der Waals surface area contributed by atoms with Gasteiger partial charge in [0.05, 0.1) is 0 Å². The van der Waals surface area contributed by atoms with Crippen LogP contribution in [0.5, 0.6) is 0 Å². The second-order valence-electron chi connectivity index (χ2n) is 17.6. The van der Waals surface area contributed by atoms with Crippen LogP contribution >= 0.6 is 0 Å². The van der Waals surface area contributed by atoms with Gasteiger partial charge in [-0.3, -0.25) is 0 Å². The van der Waals surface area contributed by atoms with E-state index in [2.05, 4.69) is 96.9 Å². The molecule has 37 heavy (non-hydrogen) atoms. The first-order chi connectivity index (χ1) is 16.5. The van der Waals surface area contributed by atoms with Crippen LogP contribution in [0.4, 0.5) is 0 Å². The topological polar surface area (TPSA) is 0 Å². The lowest BCUT2D eigenvalue weighted by Crippen LogP contribution is -2.47. The highest BCUT2D eigenvalue weighted by Gasteiger charge is 2.69. The fourth-order valence-electron chi connectivity index (χ4n) is 11.7. The first kappa shape index (κ1) is 31.5. The van der Waals surface area contributed by atoms with Gasteiger partial charge in [-0.15, -0.1) is 0 Å². The lowest BCUT2D eigenvalue weighted by Gasteiger charge is -2.52. The van der Waals surface area contributed by atoms with Gasteiger partial charge in [-0.1, -0.05) is 117 Å². The van der Waals surface area contributed by atoms with Crippen LogP contribution in [0, 0.1) is 92.7 Å². The van der Waals surface area contributed by atoms with Crippen LogP contribution in [0.2, 0.25) is 0 Å². The van der Waals surface area contributed by atoms with Gasteiger partial charge in [0.25, 0.3) is 0 Å². The number of fused-ring (bicyclic) bond motifs is 6. The zero-order valence-corrected chi connectivity index (χ0v) is 27.2. The maximum absolute atomic E-state index is 2.57. The summed E-state index contributed by atoms with van der Waals surface area (Å²) in [5.41, 5.74) is 2.16. The number of rotatable bonds is 4. The SMILES string of the molecule is C.CCC(C)C1CC(C)C2C1C1CC2C(C)(C)C1(C)C.CCC(C)C1CC(C)C2CC(C)(C)C(C)(C)C12. The highest BCUT2D eigenvalue weighted by Crippen LogP contribution is 2.75. The van der Waals surface area contributed by atoms with Crippen molar-refractivity contribution in [3.8, 4) is 0 Å². The molecular weight excluding hydrogens is 444 g/mol. The van der Waals surface area contributed by atoms with E-state index in [4.69, 9.17) is 0 Å². The molecule has 0 heterocycles. The van der Waals surface area contributed by atoms with E-state index < -0.39 is 0 Å². The zero-order chi connectivity index (χ0) is 27.2. The molecule has 0 aliphatic heterocycles. The van der Waals surface area contributed by atoms with Gasteiger partial charge in [-0.2, -0.15) is 0 Å². The Balaban J connectivity index is 0.000000201. The molecule has 0 aromatic rings. The van der Waals surface area contributed by atoms with E-state index in [-0.39, 0.29) is 7.43 Å². The van der Waals surface area contributed by atoms with E-state index in [1.165, 1.54) is 38.5 Å². The summed E-state index contributed by atoms with van der Waals surface area (Å²) in [4.78, 5) is 0. The van der Waals surface area contributed by atoms with E-state index >= 15 is 0 Å². The summed E-state index contributed by atoms with van der Waals surface area (Å²) < 4.78 is 0. The fraction of sp³-hybridized carbons (Fsp3) is 1.00. The quantitative estimate of drug-likeness (QED) is 0.350. The lowest BCUT2D eigenvalue weighted by molar-refractivity contribution is -0.0433. The van der Waals surface area contributed by atoms with Gasteiger partial charge in [0.2, 0.25) is 0 Å². The van der Waals surface area contributed by atoms with Crippen LogP contribution in [0.3, 0.4) is 0 Å². The average molecular weight is 515 g/mol. The standard InChI is InChI=1S/C19H34.C17H32.CH4/c1-8-11(2)13-9-12(3)16-14-10-15(17(13)16)19(6,7)18(14,4)5;1-8-11(2)13-9-12(3)14-10-16(4,5)17(6,7)15(13)14;/h11-17H,8-10H2,1-7H3;11-15H,8-10H2,1-7H3;1H4. The van der Waals surface area contributed by atoms with Gasteiger partial charge in [-0.05, 0) is 118 Å². The summed E-state index contributed by atoms with van der Waals surface area (Å²) in [7, 11) is 0. The molecule has 2 bridgehead atoms. The summed E-state index contributed by atoms with van der Waals surface area (Å²) in [6.45, 7) is 35.2. The van der Waals surface area contributed by atoms with E-state index in [1.807, 2.05) is 0 Å². The number of hydrogen-bond acceptors (Lipinski definition) is 0. The van der Waals surface area contributed by atoms with E-state index in [9.17, 15) is 0 Å². The van der Waals surface area contributed by atoms with Crippen molar-refractivity contribution in [1.29, 1.82) is 0 Å². The van der Waals surface area contributed by atoms with Crippen LogP contribution in [-0.4, -0.2) is 0 Å². The predicted molar refractivity (Wildman–Crippen MR) is 165 cm³/mol. The molecule has 5 aliphatic rings. The molecule has 0 nitrogen and oxygen atoms in total. The van der Waals surface area contributed by atoms with E-state index in [1.54, 1.807) is 0 Å². The first-order valence-corrected chi connectivity index (χ1v) is 16.5. The van der Waals surface area contributed by atoms with Gasteiger partial charge >= 0.3 is 0 Å². The first-order valence-electron chi connectivity index (χ1n) is 16.5. The van der Waals surface area contributed by atoms with Gasteiger partial charge in [0.1, 0.15) is 0 Å². The van der Waals surface area contributed by atoms with Crippen LogP contribution < -0.4 is 0 Å². The predicted octanol–water partition coefficient (Wildman–Crippen LogP) is 11.6. The Labute approximate surface area is 235 Å². The van der Waals surface area contributed by atoms with Crippen LogP contribution in [0.15, 0.2) is 0 Å². The van der Waals surface area contributed by atoms with Crippen LogP contribution in [-0.2, 0) is 0 Å². The third kappa shape index (κ3) is 4.42. The Morgan fingerprint density at radius 2 is 1.08 bits per heavy atom. The Bertz CT molecular complexity index is 782. The Kier molecular flexibility index (Phi) is 8.63. The minimum Gasteiger partial charge on any atom is -0.0776 e. The van der Waals surface area contributed by atoms with Gasteiger partial charge in [0.15, 0.2) is 0 Å². The molecule has 12 unspecified atom stereocenters. The van der Waals surface area contributed by atoms with Gasteiger partial charge in [-0.25, -0.2) is 0 Å². The van der Waals surface area contributed by atoms with Crippen molar-refractivity contribution in [3.63, 3.8) is 0 Å². The maximum Gasteiger partial charge on any atom is -0.0269 e. The Morgan fingerprint density at radius 3 is 1.59 bits per heavy atom. The minimum absolute atomic E-state index is 0. The van der Waals surface area contributed by atoms with Crippen molar-refractivity contribution >= 4 is 0 Å². The van der Waals surface area contributed by atoms with Gasteiger partial charge < -0.3 is 0 Å². The maximum atomic E-state index is 2.57. The molecule has 0 spiro atoms. The third-order valence-corrected chi connectivity index (χ3v) is 15.6. The monoisotopic (exact) mass is 515 g/mol. The summed E-state index contributed by atoms with van der Waals surface area (Å²) in [5.74, 6) is 11.9. The molecule has 218 valence electrons. The second-order valence-corrected chi connectivity index (χ2v) is 17.6. The summed E-state index contributed by atoms with van der Waals surface area (Å²) >= 11 is 0. The normalized spacial score (nSPS) is 46.9. The molecule has 0 amide bonds. The summed E-state index contributed by atoms with van der Waals surface area (Å²) in [6.07, 6.45) is 8.73. The highest BCUT2D eigenvalue weighted by atomic mass is 14.7. The molecule has 0 heteroatoms. The molecule has 12 atom stereocenters. The van der Waals surface area contributed by atoms with Crippen molar-refractivity contribution < 1.29 is 0 Å². The van der Waals surface area contributed by atoms with Crippen molar-refractivity contribution in [1.82, 2.24) is 0 Å². The fourth-order valence-corrected chi connectivity index (χ4v) is 11.7. The zero-order valence-electron chi connectivity index (χ0n) is 27.2. The second kappa shape index (κ2) is 10.1. The molecule has 5 aliphatic carbocycles. The molecule has 0 saturated heterocycles. The Hall–Kier alpha value is 0. The van der Waals surface area contributed by atoms with Crippen molar-refractivity contribution in [2.24, 2.45) is 92.7 Å². The molecule has 5 fully saturated rings. The smallest absolute Gasteiger partial charge is 0.0269 e. The van der Waals surface area contributed by atoms with Crippen molar-refractivity contribution in [2.45, 2.75) is 143 Å². The van der Waals surface area contributed by atoms with Crippen LogP contribution in [0.1, 0.15) is 143 Å². The largest absolute Gasteiger partial charge is 0.0776 e. The third-order valence-electron chi connectivity index (χ3n) is 15.6. The Morgan fingerprint density at radius 1 is 0.622 bits per heavy atom. The molecule has 5 rings (SSSR count). The summed E-state index contributed by atoms with van der Waals surface area (Å²) in [6, 6.07) is 0. The summed E-state index contributed by atoms with van der Waals surface area (Å²) in [5, 5.41) is 0. The molecule has 0 radical (unpaired) electrons. The van der Waals surface area contributed by atoms with Crippen molar-refractivity contribution in [2.75, 3.05) is 0 Å². The molecule has 5 saturated carbocycles. The van der Waals surface area contributed by atoms with Crippen molar-refractivity contribution in [3.05, 3.63) is 0 Å². The molecule has 0 aromatic carbocycles. The number of hydrogen-bond donors (Lipinski definition) is 0. The molecular formula is C37H70. The highest BCUT2D eigenvalue weighted by molar-refractivity contribution is 5.17.